The predicted molar refractivity (Wildman–Crippen MR) is 33.5 cm³/mol. The second-order valence-corrected chi connectivity index (χ2v) is 2.78. The van der Waals surface area contributed by atoms with E-state index in [9.17, 15) is 5.11 Å². The van der Waals surface area contributed by atoms with E-state index in [1.807, 2.05) is 19.9 Å². The van der Waals surface area contributed by atoms with Gasteiger partial charge in [-0.15, -0.1) is 0 Å². The van der Waals surface area contributed by atoms with Crippen LogP contribution in [-0.4, -0.2) is 10.7 Å². The minimum atomic E-state index is -0.458. The number of rotatable bonds is 0. The van der Waals surface area contributed by atoms with Crippen LogP contribution in [0.1, 0.15) is 20.3 Å². The molecule has 0 radical (unpaired) electrons. The Morgan fingerprint density at radius 2 is 2.38 bits per heavy atom. The molecule has 1 rings (SSSR count). The highest BCUT2D eigenvalue weighted by Gasteiger charge is 2.28. The number of hydrogen-bond acceptors (Lipinski definition) is 1. The van der Waals surface area contributed by atoms with Crippen molar-refractivity contribution in [3.05, 3.63) is 12.2 Å². The SMILES string of the molecule is CC1C=CCC1(C)O. The first kappa shape index (κ1) is 5.83. The van der Waals surface area contributed by atoms with E-state index in [0.717, 1.165) is 6.42 Å². The molecule has 1 N–H and O–H groups in total. The Morgan fingerprint density at radius 1 is 1.75 bits per heavy atom. The zero-order valence-electron chi connectivity index (χ0n) is 5.39. The Morgan fingerprint density at radius 3 is 2.50 bits per heavy atom. The van der Waals surface area contributed by atoms with Gasteiger partial charge in [-0.05, 0) is 13.3 Å². The molecule has 8 heavy (non-hydrogen) atoms. The van der Waals surface area contributed by atoms with Crippen LogP contribution in [0.2, 0.25) is 0 Å². The summed E-state index contributed by atoms with van der Waals surface area (Å²) >= 11 is 0. The van der Waals surface area contributed by atoms with E-state index in [2.05, 4.69) is 6.08 Å². The molecule has 0 aromatic heterocycles. The maximum atomic E-state index is 9.40. The second kappa shape index (κ2) is 1.59. The summed E-state index contributed by atoms with van der Waals surface area (Å²) in [5.41, 5.74) is -0.458. The summed E-state index contributed by atoms with van der Waals surface area (Å²) in [5.74, 6) is 0.336. The van der Waals surface area contributed by atoms with Gasteiger partial charge in [0.25, 0.3) is 0 Å². The van der Waals surface area contributed by atoms with Gasteiger partial charge in [0.05, 0.1) is 5.60 Å². The number of hydrogen-bond donors (Lipinski definition) is 1. The van der Waals surface area contributed by atoms with Crippen molar-refractivity contribution in [2.45, 2.75) is 25.9 Å². The molecule has 0 aliphatic heterocycles. The summed E-state index contributed by atoms with van der Waals surface area (Å²) in [6.45, 7) is 3.90. The number of aliphatic hydroxyl groups is 1. The molecule has 2 atom stereocenters. The Bertz CT molecular complexity index is 114. The molecule has 0 amide bonds. The van der Waals surface area contributed by atoms with Crippen LogP contribution in [0.15, 0.2) is 12.2 Å². The van der Waals surface area contributed by atoms with Gasteiger partial charge >= 0.3 is 0 Å². The van der Waals surface area contributed by atoms with Gasteiger partial charge in [-0.25, -0.2) is 0 Å². The smallest absolute Gasteiger partial charge is 0.0713 e. The van der Waals surface area contributed by atoms with Crippen molar-refractivity contribution in [1.29, 1.82) is 0 Å². The van der Waals surface area contributed by atoms with Crippen LogP contribution < -0.4 is 0 Å². The molecule has 2 unspecified atom stereocenters. The molecule has 0 aromatic rings. The standard InChI is InChI=1S/C7H12O/c1-6-4-3-5-7(6,2)8/h3-4,6,8H,5H2,1-2H3. The molecule has 0 fully saturated rings. The minimum absolute atomic E-state index is 0.336. The molecule has 1 aliphatic rings. The quantitative estimate of drug-likeness (QED) is 0.469. The average Bonchev–Trinajstić information content (AvgIpc) is 1.86. The summed E-state index contributed by atoms with van der Waals surface area (Å²) in [7, 11) is 0. The predicted octanol–water partition coefficient (Wildman–Crippen LogP) is 1.33. The fourth-order valence-electron chi connectivity index (χ4n) is 0.904. The lowest BCUT2D eigenvalue weighted by atomic mass is 9.95. The lowest BCUT2D eigenvalue weighted by molar-refractivity contribution is 0.0372. The van der Waals surface area contributed by atoms with Crippen molar-refractivity contribution in [1.82, 2.24) is 0 Å². The zero-order valence-corrected chi connectivity index (χ0v) is 5.39. The van der Waals surface area contributed by atoms with E-state index < -0.39 is 5.60 Å². The molecule has 1 aliphatic carbocycles. The van der Waals surface area contributed by atoms with Crippen LogP contribution in [0.4, 0.5) is 0 Å². The van der Waals surface area contributed by atoms with Crippen molar-refractivity contribution >= 4 is 0 Å². The van der Waals surface area contributed by atoms with Gasteiger partial charge in [0.1, 0.15) is 0 Å². The second-order valence-electron chi connectivity index (χ2n) is 2.78. The summed E-state index contributed by atoms with van der Waals surface area (Å²) in [6.07, 6.45) is 4.90. The van der Waals surface area contributed by atoms with E-state index in [1.54, 1.807) is 0 Å². The summed E-state index contributed by atoms with van der Waals surface area (Å²) in [6, 6.07) is 0. The largest absolute Gasteiger partial charge is 0.389 e. The topological polar surface area (TPSA) is 20.2 Å². The fourth-order valence-corrected chi connectivity index (χ4v) is 0.904. The molecule has 1 nitrogen and oxygen atoms in total. The molecule has 0 aromatic carbocycles. The van der Waals surface area contributed by atoms with Crippen LogP contribution >= 0.6 is 0 Å². The Labute approximate surface area is 50.0 Å². The van der Waals surface area contributed by atoms with E-state index in [1.165, 1.54) is 0 Å². The maximum Gasteiger partial charge on any atom is 0.0713 e. The average molecular weight is 112 g/mol. The third kappa shape index (κ3) is 0.781. The molecule has 0 heterocycles. The van der Waals surface area contributed by atoms with Crippen molar-refractivity contribution in [3.8, 4) is 0 Å². The molecular formula is C7H12O. The monoisotopic (exact) mass is 112 g/mol. The minimum Gasteiger partial charge on any atom is -0.389 e. The molecule has 0 saturated carbocycles. The van der Waals surface area contributed by atoms with E-state index >= 15 is 0 Å². The van der Waals surface area contributed by atoms with Crippen LogP contribution in [0.5, 0.6) is 0 Å². The Kier molecular flexibility index (Phi) is 1.16. The van der Waals surface area contributed by atoms with Crippen molar-refractivity contribution < 1.29 is 5.11 Å². The van der Waals surface area contributed by atoms with Crippen LogP contribution in [0, 0.1) is 5.92 Å². The Balaban J connectivity index is 2.64. The first-order valence-corrected chi connectivity index (χ1v) is 3.02. The summed E-state index contributed by atoms with van der Waals surface area (Å²) in [4.78, 5) is 0. The van der Waals surface area contributed by atoms with E-state index in [4.69, 9.17) is 0 Å². The van der Waals surface area contributed by atoms with Gasteiger partial charge in [0.15, 0.2) is 0 Å². The molecule has 1 heteroatoms. The van der Waals surface area contributed by atoms with E-state index in [0.29, 0.717) is 5.92 Å². The molecule has 0 spiro atoms. The maximum absolute atomic E-state index is 9.40. The molecular weight excluding hydrogens is 100 g/mol. The first-order valence-electron chi connectivity index (χ1n) is 3.02. The highest BCUT2D eigenvalue weighted by atomic mass is 16.3. The van der Waals surface area contributed by atoms with Gasteiger partial charge in [0.2, 0.25) is 0 Å². The van der Waals surface area contributed by atoms with Gasteiger partial charge < -0.3 is 5.11 Å². The van der Waals surface area contributed by atoms with Gasteiger partial charge in [0, 0.05) is 5.92 Å². The third-order valence-corrected chi connectivity index (χ3v) is 1.94. The summed E-state index contributed by atoms with van der Waals surface area (Å²) < 4.78 is 0. The lowest BCUT2D eigenvalue weighted by Gasteiger charge is -2.21. The van der Waals surface area contributed by atoms with Crippen LogP contribution in [0.25, 0.3) is 0 Å². The lowest BCUT2D eigenvalue weighted by Crippen LogP contribution is -2.26. The third-order valence-electron chi connectivity index (χ3n) is 1.94. The molecule has 0 bridgehead atoms. The normalized spacial score (nSPS) is 45.6. The summed E-state index contributed by atoms with van der Waals surface area (Å²) in [5, 5.41) is 9.40. The van der Waals surface area contributed by atoms with Crippen molar-refractivity contribution in [3.63, 3.8) is 0 Å². The van der Waals surface area contributed by atoms with Crippen LogP contribution in [0.3, 0.4) is 0 Å². The van der Waals surface area contributed by atoms with Crippen LogP contribution in [-0.2, 0) is 0 Å². The molecule has 46 valence electrons. The van der Waals surface area contributed by atoms with Crippen molar-refractivity contribution in [2.75, 3.05) is 0 Å². The van der Waals surface area contributed by atoms with Gasteiger partial charge in [-0.3, -0.25) is 0 Å². The highest BCUT2D eigenvalue weighted by Crippen LogP contribution is 2.28. The van der Waals surface area contributed by atoms with E-state index in [-0.39, 0.29) is 0 Å². The highest BCUT2D eigenvalue weighted by molar-refractivity contribution is 5.06. The zero-order chi connectivity index (χ0) is 6.20. The first-order chi connectivity index (χ1) is 3.63. The van der Waals surface area contributed by atoms with Crippen molar-refractivity contribution in [2.24, 2.45) is 5.92 Å². The Hall–Kier alpha value is -0.300. The van der Waals surface area contributed by atoms with Gasteiger partial charge in [-0.2, -0.15) is 0 Å². The van der Waals surface area contributed by atoms with Gasteiger partial charge in [-0.1, -0.05) is 19.1 Å². The molecule has 0 saturated heterocycles. The fraction of sp³-hybridized carbons (Fsp3) is 0.714.